The number of pyridine rings is 2. The normalized spacial score (nSPS) is 13.3. The van der Waals surface area contributed by atoms with Gasteiger partial charge in [-0.1, -0.05) is 153 Å². The highest BCUT2D eigenvalue weighted by Gasteiger charge is 2.37. The summed E-state index contributed by atoms with van der Waals surface area (Å²) in [5.74, 6) is 0. The average Bonchev–Trinajstić information content (AvgIpc) is 3.48. The molecule has 2 aromatic heterocycles. The van der Waals surface area contributed by atoms with Crippen LogP contribution in [-0.2, 0) is 5.41 Å². The number of aromatic nitrogens is 2. The van der Waals surface area contributed by atoms with Crippen molar-refractivity contribution in [1.82, 2.24) is 9.97 Å². The third-order valence-electron chi connectivity index (χ3n) is 11.5. The van der Waals surface area contributed by atoms with Crippen molar-refractivity contribution in [2.24, 2.45) is 0 Å². The number of anilines is 3. The Labute approximate surface area is 325 Å². The van der Waals surface area contributed by atoms with Crippen molar-refractivity contribution in [2.45, 2.75) is 29.2 Å². The van der Waals surface area contributed by atoms with Gasteiger partial charge in [0.25, 0.3) is 0 Å². The lowest BCUT2D eigenvalue weighted by Gasteiger charge is -2.29. The monoisotopic (exact) mass is 721 g/mol. The van der Waals surface area contributed by atoms with Gasteiger partial charge >= 0.3 is 0 Å². The van der Waals surface area contributed by atoms with Gasteiger partial charge in [-0.25, -0.2) is 4.98 Å². The molecule has 0 saturated carbocycles. The van der Waals surface area contributed by atoms with E-state index < -0.39 is 0 Å². The van der Waals surface area contributed by atoms with Crippen molar-refractivity contribution in [3.63, 3.8) is 0 Å². The van der Waals surface area contributed by atoms with Gasteiger partial charge in [0.15, 0.2) is 0 Å². The molecule has 1 aliphatic carbocycles. The van der Waals surface area contributed by atoms with Crippen LogP contribution in [0.3, 0.4) is 0 Å². The molecule has 1 aliphatic heterocycles. The van der Waals surface area contributed by atoms with E-state index in [4.69, 9.17) is 9.97 Å². The second-order valence-electron chi connectivity index (χ2n) is 15.0. The quantitative estimate of drug-likeness (QED) is 0.166. The Morgan fingerprint density at radius 2 is 1.22 bits per heavy atom. The largest absolute Gasteiger partial charge is 0.310 e. The van der Waals surface area contributed by atoms with Crippen LogP contribution in [0, 0.1) is 0 Å². The van der Waals surface area contributed by atoms with E-state index in [1.807, 2.05) is 6.20 Å². The van der Waals surface area contributed by atoms with Crippen molar-refractivity contribution in [2.75, 3.05) is 4.90 Å². The van der Waals surface area contributed by atoms with Gasteiger partial charge < -0.3 is 4.90 Å². The van der Waals surface area contributed by atoms with Crippen LogP contribution >= 0.6 is 11.8 Å². The van der Waals surface area contributed by atoms with E-state index in [2.05, 4.69) is 189 Å². The smallest absolute Gasteiger partial charge is 0.112 e. The molecule has 0 radical (unpaired) electrons. The Kier molecular flexibility index (Phi) is 7.14. The summed E-state index contributed by atoms with van der Waals surface area (Å²) in [6.45, 7) is 4.70. The standard InChI is InChI=1S/C51H35N3S/c1-51(2)42-21-8-6-17-40(42)46-43(51)22-12-23-44(46)54(35-27-25-33(26-28-35)32-13-4-3-5-14-32)36-16-10-15-34(31-36)37-19-11-20-39-38-29-30-52-49-41-18-7-9-24-45(41)55-50(47(38)49)53-48(37)39/h3-31H,1-2H3. The molecule has 3 heterocycles. The maximum atomic E-state index is 5.44. The number of fused-ring (bicyclic) bond motifs is 7. The Balaban J connectivity index is 1.11. The molecule has 0 unspecified atom stereocenters. The van der Waals surface area contributed by atoms with Crippen LogP contribution in [0.1, 0.15) is 25.0 Å². The Morgan fingerprint density at radius 3 is 2.09 bits per heavy atom. The molecule has 2 aliphatic rings. The molecule has 0 atom stereocenters. The molecule has 0 bridgehead atoms. The zero-order valence-corrected chi connectivity index (χ0v) is 31.3. The molecule has 9 aromatic rings. The Morgan fingerprint density at radius 1 is 0.527 bits per heavy atom. The maximum absolute atomic E-state index is 5.44. The first-order valence-electron chi connectivity index (χ1n) is 18.8. The highest BCUT2D eigenvalue weighted by molar-refractivity contribution is 7.99. The summed E-state index contributed by atoms with van der Waals surface area (Å²) in [6, 6.07) is 61.6. The van der Waals surface area contributed by atoms with E-state index in [1.54, 1.807) is 11.8 Å². The highest BCUT2D eigenvalue weighted by atomic mass is 32.2. The number of hydrogen-bond acceptors (Lipinski definition) is 4. The van der Waals surface area contributed by atoms with Crippen LogP contribution in [0.15, 0.2) is 186 Å². The molecule has 260 valence electrons. The van der Waals surface area contributed by atoms with Crippen LogP contribution in [-0.4, -0.2) is 9.97 Å². The van der Waals surface area contributed by atoms with E-state index in [0.717, 1.165) is 49.5 Å². The fraction of sp³-hybridized carbons (Fsp3) is 0.0588. The van der Waals surface area contributed by atoms with Gasteiger partial charge in [-0.05, 0) is 81.2 Å². The maximum Gasteiger partial charge on any atom is 0.112 e. The zero-order valence-electron chi connectivity index (χ0n) is 30.5. The van der Waals surface area contributed by atoms with Gasteiger partial charge in [-0.15, -0.1) is 0 Å². The van der Waals surface area contributed by atoms with E-state index in [1.165, 1.54) is 54.9 Å². The van der Waals surface area contributed by atoms with Gasteiger partial charge in [0.05, 0.1) is 16.9 Å². The zero-order chi connectivity index (χ0) is 36.7. The summed E-state index contributed by atoms with van der Waals surface area (Å²) in [5, 5.41) is 4.47. The van der Waals surface area contributed by atoms with Gasteiger partial charge in [-0.2, -0.15) is 0 Å². The summed E-state index contributed by atoms with van der Waals surface area (Å²) >= 11 is 1.74. The van der Waals surface area contributed by atoms with Crippen molar-refractivity contribution >= 4 is 50.5 Å². The molecule has 11 rings (SSSR count). The van der Waals surface area contributed by atoms with Crippen LogP contribution in [0.2, 0.25) is 0 Å². The van der Waals surface area contributed by atoms with E-state index in [-0.39, 0.29) is 5.41 Å². The van der Waals surface area contributed by atoms with Crippen molar-refractivity contribution < 1.29 is 0 Å². The number of rotatable bonds is 5. The molecule has 0 saturated heterocycles. The summed E-state index contributed by atoms with van der Waals surface area (Å²) in [4.78, 5) is 13.9. The second kappa shape index (κ2) is 12.3. The number of nitrogens with zero attached hydrogens (tertiary/aromatic N) is 3. The SMILES string of the molecule is CC1(C)c2ccccc2-c2c(N(c3ccc(-c4ccccc4)cc3)c3cccc(-c4cccc5c4nc4c6c(nccc65)-c5ccccc5S4)c3)cccc21. The molecular weight excluding hydrogens is 687 g/mol. The second-order valence-corrected chi connectivity index (χ2v) is 16.0. The molecule has 4 heteroatoms. The summed E-state index contributed by atoms with van der Waals surface area (Å²) < 4.78 is 0. The molecule has 0 spiro atoms. The van der Waals surface area contributed by atoms with Crippen LogP contribution in [0.25, 0.3) is 66.3 Å². The van der Waals surface area contributed by atoms with Crippen LogP contribution in [0.4, 0.5) is 17.1 Å². The molecule has 0 amide bonds. The predicted molar refractivity (Wildman–Crippen MR) is 230 cm³/mol. The Bertz CT molecular complexity index is 2990. The number of hydrogen-bond donors (Lipinski definition) is 0. The van der Waals surface area contributed by atoms with E-state index in [9.17, 15) is 0 Å². The lowest BCUT2D eigenvalue weighted by Crippen LogP contribution is -2.16. The Hall–Kier alpha value is -6.49. The van der Waals surface area contributed by atoms with Crippen molar-refractivity contribution in [3.8, 4) is 44.6 Å². The van der Waals surface area contributed by atoms with Crippen molar-refractivity contribution in [1.29, 1.82) is 0 Å². The predicted octanol–water partition coefficient (Wildman–Crippen LogP) is 14.0. The summed E-state index contributed by atoms with van der Waals surface area (Å²) in [6.07, 6.45) is 1.94. The fourth-order valence-electron chi connectivity index (χ4n) is 8.90. The first-order chi connectivity index (χ1) is 27.0. The molecule has 0 N–H and O–H groups in total. The van der Waals surface area contributed by atoms with Crippen LogP contribution in [0.5, 0.6) is 0 Å². The molecular formula is C51H35N3S. The fourth-order valence-corrected chi connectivity index (χ4v) is 9.98. The third-order valence-corrected chi connectivity index (χ3v) is 12.6. The van der Waals surface area contributed by atoms with Crippen LogP contribution < -0.4 is 4.90 Å². The van der Waals surface area contributed by atoms with E-state index >= 15 is 0 Å². The first-order valence-corrected chi connectivity index (χ1v) is 19.6. The van der Waals surface area contributed by atoms with Gasteiger partial charge in [0.2, 0.25) is 0 Å². The topological polar surface area (TPSA) is 29.0 Å². The molecule has 0 fully saturated rings. The molecule has 3 nitrogen and oxygen atoms in total. The molecule has 7 aromatic carbocycles. The van der Waals surface area contributed by atoms with Gasteiger partial charge in [0.1, 0.15) is 5.03 Å². The van der Waals surface area contributed by atoms with Crippen molar-refractivity contribution in [3.05, 3.63) is 187 Å². The van der Waals surface area contributed by atoms with Gasteiger partial charge in [-0.3, -0.25) is 4.98 Å². The lowest BCUT2D eigenvalue weighted by atomic mass is 9.82. The summed E-state index contributed by atoms with van der Waals surface area (Å²) in [5.41, 5.74) is 16.4. The van der Waals surface area contributed by atoms with E-state index in [0.29, 0.717) is 0 Å². The number of para-hydroxylation sites is 1. The summed E-state index contributed by atoms with van der Waals surface area (Å²) in [7, 11) is 0. The minimum atomic E-state index is -0.113. The minimum Gasteiger partial charge on any atom is -0.310 e. The third kappa shape index (κ3) is 4.91. The first kappa shape index (κ1) is 32.0. The van der Waals surface area contributed by atoms with Gasteiger partial charge in [0, 0.05) is 55.3 Å². The lowest BCUT2D eigenvalue weighted by molar-refractivity contribution is 0.660. The highest BCUT2D eigenvalue weighted by Crippen LogP contribution is 2.54. The number of benzene rings is 7. The average molecular weight is 722 g/mol. The molecule has 55 heavy (non-hydrogen) atoms. The minimum absolute atomic E-state index is 0.113.